The molecule has 1 aromatic rings. The van der Waals surface area contributed by atoms with Crippen molar-refractivity contribution in [3.63, 3.8) is 0 Å². The van der Waals surface area contributed by atoms with E-state index in [-0.39, 0.29) is 10.9 Å². The molecule has 2 unspecified atom stereocenters. The van der Waals surface area contributed by atoms with Crippen LogP contribution in [0.3, 0.4) is 0 Å². The van der Waals surface area contributed by atoms with Gasteiger partial charge in [0.2, 0.25) is 0 Å². The summed E-state index contributed by atoms with van der Waals surface area (Å²) < 4.78 is -0.0361. The van der Waals surface area contributed by atoms with Gasteiger partial charge in [0.1, 0.15) is 0 Å². The fraction of sp³-hybridized carbons (Fsp3) is 0.538. The third-order valence-corrected chi connectivity index (χ3v) is 5.61. The Bertz CT molecular complexity index is 402. The molecule has 1 aliphatic rings. The highest BCUT2D eigenvalue weighted by atomic mass is 35.5. The van der Waals surface area contributed by atoms with Crippen molar-refractivity contribution in [3.05, 3.63) is 33.8 Å². The molecule has 4 heteroatoms. The number of aliphatic hydroxyl groups excluding tert-OH is 1. The maximum atomic E-state index is 10.4. The Hall–Kier alpha value is 0.110. The molecule has 0 aliphatic carbocycles. The van der Waals surface area contributed by atoms with Crippen molar-refractivity contribution in [2.45, 2.75) is 37.0 Å². The molecule has 0 bridgehead atoms. The summed E-state index contributed by atoms with van der Waals surface area (Å²) in [5, 5.41) is 11.7. The van der Waals surface area contributed by atoms with Gasteiger partial charge in [-0.1, -0.05) is 23.2 Å². The van der Waals surface area contributed by atoms with Crippen molar-refractivity contribution in [1.29, 1.82) is 0 Å². The molecule has 1 heterocycles. The minimum Gasteiger partial charge on any atom is -0.391 e. The minimum atomic E-state index is -0.369. The lowest BCUT2D eigenvalue weighted by atomic mass is 9.93. The SMILES string of the molecule is CC1(C(O)Cc2cc(Cl)ccc2Cl)CCCS1. The number of thioether (sulfide) groups is 1. The predicted octanol–water partition coefficient (Wildman–Crippen LogP) is 4.18. The molecule has 1 aromatic carbocycles. The van der Waals surface area contributed by atoms with Gasteiger partial charge >= 0.3 is 0 Å². The van der Waals surface area contributed by atoms with Crippen molar-refractivity contribution >= 4 is 35.0 Å². The maximum Gasteiger partial charge on any atom is 0.0724 e. The van der Waals surface area contributed by atoms with Gasteiger partial charge in [-0.05, 0) is 49.3 Å². The molecule has 2 rings (SSSR count). The summed E-state index contributed by atoms with van der Waals surface area (Å²) >= 11 is 13.9. The first-order valence-corrected chi connectivity index (χ1v) is 7.51. The molecule has 94 valence electrons. The van der Waals surface area contributed by atoms with Crippen LogP contribution in [0.2, 0.25) is 10.0 Å². The zero-order valence-corrected chi connectivity index (χ0v) is 12.1. The van der Waals surface area contributed by atoms with Crippen LogP contribution >= 0.6 is 35.0 Å². The van der Waals surface area contributed by atoms with E-state index in [9.17, 15) is 5.11 Å². The Balaban J connectivity index is 2.12. The van der Waals surface area contributed by atoms with Gasteiger partial charge in [0.05, 0.1) is 6.10 Å². The summed E-state index contributed by atoms with van der Waals surface area (Å²) in [6, 6.07) is 5.40. The summed E-state index contributed by atoms with van der Waals surface area (Å²) in [6.07, 6.45) is 2.45. The molecule has 1 aliphatic heterocycles. The monoisotopic (exact) mass is 290 g/mol. The topological polar surface area (TPSA) is 20.2 Å². The van der Waals surface area contributed by atoms with Crippen molar-refractivity contribution in [2.75, 3.05) is 5.75 Å². The Morgan fingerprint density at radius 3 is 2.88 bits per heavy atom. The number of hydrogen-bond donors (Lipinski definition) is 1. The summed E-state index contributed by atoms with van der Waals surface area (Å²) in [5.74, 6) is 1.14. The van der Waals surface area contributed by atoms with E-state index in [1.807, 2.05) is 17.8 Å². The molecular weight excluding hydrogens is 275 g/mol. The maximum absolute atomic E-state index is 10.4. The van der Waals surface area contributed by atoms with Gasteiger partial charge in [-0.15, -0.1) is 0 Å². The molecule has 1 fully saturated rings. The Morgan fingerprint density at radius 2 is 2.24 bits per heavy atom. The van der Waals surface area contributed by atoms with Crippen molar-refractivity contribution in [2.24, 2.45) is 0 Å². The minimum absolute atomic E-state index is 0.0361. The van der Waals surface area contributed by atoms with E-state index in [0.29, 0.717) is 16.5 Å². The van der Waals surface area contributed by atoms with Crippen LogP contribution in [0.5, 0.6) is 0 Å². The number of halogens is 2. The summed E-state index contributed by atoms with van der Waals surface area (Å²) in [7, 11) is 0. The van der Waals surface area contributed by atoms with Crippen LogP contribution in [0.4, 0.5) is 0 Å². The van der Waals surface area contributed by atoms with E-state index in [4.69, 9.17) is 23.2 Å². The fourth-order valence-electron chi connectivity index (χ4n) is 2.19. The molecule has 0 radical (unpaired) electrons. The molecule has 0 aromatic heterocycles. The van der Waals surface area contributed by atoms with Crippen LogP contribution in [0.1, 0.15) is 25.3 Å². The van der Waals surface area contributed by atoms with Gasteiger partial charge in [0, 0.05) is 21.2 Å². The first kappa shape index (κ1) is 13.5. The third-order valence-electron chi connectivity index (χ3n) is 3.38. The lowest BCUT2D eigenvalue weighted by Gasteiger charge is -2.29. The fourth-order valence-corrected chi connectivity index (χ4v) is 3.90. The normalized spacial score (nSPS) is 26.1. The van der Waals surface area contributed by atoms with Crippen LogP contribution in [0, 0.1) is 0 Å². The van der Waals surface area contributed by atoms with Gasteiger partial charge in [-0.3, -0.25) is 0 Å². The molecule has 17 heavy (non-hydrogen) atoms. The average Bonchev–Trinajstić information content (AvgIpc) is 2.72. The van der Waals surface area contributed by atoms with Crippen LogP contribution in [0.25, 0.3) is 0 Å². The van der Waals surface area contributed by atoms with E-state index in [0.717, 1.165) is 17.7 Å². The van der Waals surface area contributed by atoms with Gasteiger partial charge < -0.3 is 5.11 Å². The molecule has 0 spiro atoms. The highest BCUT2D eigenvalue weighted by Gasteiger charge is 2.36. The molecule has 0 amide bonds. The smallest absolute Gasteiger partial charge is 0.0724 e. The van der Waals surface area contributed by atoms with Crippen LogP contribution in [-0.4, -0.2) is 21.7 Å². The molecule has 1 N–H and O–H groups in total. The first-order chi connectivity index (χ1) is 8.01. The van der Waals surface area contributed by atoms with Crippen molar-refractivity contribution in [3.8, 4) is 0 Å². The molecule has 1 saturated heterocycles. The van der Waals surface area contributed by atoms with E-state index in [1.165, 1.54) is 6.42 Å². The summed E-state index contributed by atoms with van der Waals surface area (Å²) in [4.78, 5) is 0. The van der Waals surface area contributed by atoms with Gasteiger partial charge in [0.15, 0.2) is 0 Å². The lowest BCUT2D eigenvalue weighted by Crippen LogP contribution is -2.35. The second-order valence-corrected chi connectivity index (χ2v) is 7.19. The van der Waals surface area contributed by atoms with Crippen molar-refractivity contribution < 1.29 is 5.11 Å². The van der Waals surface area contributed by atoms with Gasteiger partial charge in [0.25, 0.3) is 0 Å². The lowest BCUT2D eigenvalue weighted by molar-refractivity contribution is 0.133. The number of hydrogen-bond acceptors (Lipinski definition) is 2. The van der Waals surface area contributed by atoms with E-state index < -0.39 is 0 Å². The predicted molar refractivity (Wildman–Crippen MR) is 76.3 cm³/mol. The molecule has 1 nitrogen and oxygen atoms in total. The second-order valence-electron chi connectivity index (χ2n) is 4.72. The quantitative estimate of drug-likeness (QED) is 0.901. The molecule has 2 atom stereocenters. The number of benzene rings is 1. The average molecular weight is 291 g/mol. The highest BCUT2D eigenvalue weighted by Crippen LogP contribution is 2.41. The van der Waals surface area contributed by atoms with Gasteiger partial charge in [-0.2, -0.15) is 11.8 Å². The Kier molecular flexibility index (Phi) is 4.30. The second kappa shape index (κ2) is 5.40. The zero-order chi connectivity index (χ0) is 12.5. The molecular formula is C13H16Cl2OS. The standard InChI is InChI=1S/C13H16Cl2OS/c1-13(5-2-6-17-13)12(16)8-9-7-10(14)3-4-11(9)15/h3-4,7,12,16H,2,5-6,8H2,1H3. The number of rotatable bonds is 3. The van der Waals surface area contributed by atoms with E-state index in [2.05, 4.69) is 6.92 Å². The Morgan fingerprint density at radius 1 is 1.47 bits per heavy atom. The largest absolute Gasteiger partial charge is 0.391 e. The van der Waals surface area contributed by atoms with E-state index >= 15 is 0 Å². The third kappa shape index (κ3) is 3.11. The zero-order valence-electron chi connectivity index (χ0n) is 9.75. The summed E-state index contributed by atoms with van der Waals surface area (Å²) in [6.45, 7) is 2.13. The van der Waals surface area contributed by atoms with Crippen LogP contribution in [0.15, 0.2) is 18.2 Å². The number of aliphatic hydroxyl groups is 1. The first-order valence-electron chi connectivity index (χ1n) is 5.77. The summed E-state index contributed by atoms with van der Waals surface area (Å²) in [5.41, 5.74) is 0.931. The van der Waals surface area contributed by atoms with Crippen LogP contribution < -0.4 is 0 Å². The van der Waals surface area contributed by atoms with E-state index in [1.54, 1.807) is 12.1 Å². The van der Waals surface area contributed by atoms with Crippen molar-refractivity contribution in [1.82, 2.24) is 0 Å². The van der Waals surface area contributed by atoms with Gasteiger partial charge in [-0.25, -0.2) is 0 Å². The molecule has 0 saturated carbocycles. The highest BCUT2D eigenvalue weighted by molar-refractivity contribution is 8.00. The Labute approximate surface area is 117 Å². The van der Waals surface area contributed by atoms with Crippen LogP contribution in [-0.2, 0) is 6.42 Å².